The van der Waals surface area contributed by atoms with Gasteiger partial charge >= 0.3 is 0 Å². The standard InChI is InChI=1S/C17H18N4OS2/c1-11-4-7-15(12(2)8-11)22-10-16-19-20-17(23)21(16)18-9-14-6-5-13(3)24-14/h4-9H,10H2,1-3H3,(H,20,23)/b18-9-. The molecule has 0 saturated carbocycles. The first-order chi connectivity index (χ1) is 11.5. The summed E-state index contributed by atoms with van der Waals surface area (Å²) in [5.74, 6) is 1.46. The topological polar surface area (TPSA) is 55.2 Å². The third-order valence-corrected chi connectivity index (χ3v) is 4.67. The van der Waals surface area contributed by atoms with Crippen LogP contribution in [0.15, 0.2) is 35.4 Å². The van der Waals surface area contributed by atoms with Crippen molar-refractivity contribution < 1.29 is 4.74 Å². The first-order valence-electron chi connectivity index (χ1n) is 7.50. The number of benzene rings is 1. The van der Waals surface area contributed by atoms with Crippen molar-refractivity contribution in [3.8, 4) is 5.75 Å². The fourth-order valence-corrected chi connectivity index (χ4v) is 3.22. The minimum Gasteiger partial charge on any atom is -0.485 e. The third kappa shape index (κ3) is 3.80. The van der Waals surface area contributed by atoms with E-state index in [9.17, 15) is 0 Å². The molecule has 3 aromatic rings. The molecule has 0 aliphatic heterocycles. The van der Waals surface area contributed by atoms with Crippen molar-refractivity contribution in [2.24, 2.45) is 5.10 Å². The second-order valence-electron chi connectivity index (χ2n) is 5.51. The van der Waals surface area contributed by atoms with Crippen molar-refractivity contribution in [2.75, 3.05) is 0 Å². The summed E-state index contributed by atoms with van der Waals surface area (Å²) in [4.78, 5) is 2.31. The summed E-state index contributed by atoms with van der Waals surface area (Å²) >= 11 is 6.92. The van der Waals surface area contributed by atoms with Gasteiger partial charge in [-0.25, -0.2) is 5.10 Å². The number of aryl methyl sites for hydroxylation is 3. The summed E-state index contributed by atoms with van der Waals surface area (Å²) in [7, 11) is 0. The zero-order valence-corrected chi connectivity index (χ0v) is 15.4. The van der Waals surface area contributed by atoms with Crippen molar-refractivity contribution in [1.29, 1.82) is 0 Å². The number of H-pyrrole nitrogens is 1. The number of hydrogen-bond donors (Lipinski definition) is 1. The molecule has 1 aromatic carbocycles. The number of nitrogens with one attached hydrogen (secondary N) is 1. The lowest BCUT2D eigenvalue weighted by Crippen LogP contribution is -2.04. The lowest BCUT2D eigenvalue weighted by molar-refractivity contribution is 0.288. The van der Waals surface area contributed by atoms with Crippen molar-refractivity contribution in [1.82, 2.24) is 14.9 Å². The van der Waals surface area contributed by atoms with Crippen LogP contribution in [0.5, 0.6) is 5.75 Å². The molecule has 0 aliphatic rings. The molecule has 124 valence electrons. The van der Waals surface area contributed by atoms with Gasteiger partial charge < -0.3 is 4.74 Å². The first kappa shape index (κ1) is 16.6. The maximum Gasteiger partial charge on any atom is 0.216 e. The van der Waals surface area contributed by atoms with Crippen LogP contribution < -0.4 is 4.74 Å². The highest BCUT2D eigenvalue weighted by Gasteiger charge is 2.07. The zero-order chi connectivity index (χ0) is 17.1. The Kier molecular flexibility index (Phi) is 4.92. The summed E-state index contributed by atoms with van der Waals surface area (Å²) in [5, 5.41) is 11.4. The highest BCUT2D eigenvalue weighted by atomic mass is 32.1. The Morgan fingerprint density at radius 2 is 2.12 bits per heavy atom. The Labute approximate surface area is 149 Å². The molecule has 7 heteroatoms. The summed E-state index contributed by atoms with van der Waals surface area (Å²) in [5.41, 5.74) is 2.30. The average molecular weight is 358 g/mol. The normalized spacial score (nSPS) is 11.3. The first-order valence-corrected chi connectivity index (χ1v) is 8.72. The Morgan fingerprint density at radius 3 is 2.83 bits per heavy atom. The minimum atomic E-state index is 0.290. The van der Waals surface area contributed by atoms with Crippen LogP contribution in [-0.2, 0) is 6.61 Å². The predicted molar refractivity (Wildman–Crippen MR) is 99.7 cm³/mol. The van der Waals surface area contributed by atoms with Crippen LogP contribution in [0.25, 0.3) is 0 Å². The zero-order valence-electron chi connectivity index (χ0n) is 13.7. The van der Waals surface area contributed by atoms with Gasteiger partial charge in [0.1, 0.15) is 12.4 Å². The van der Waals surface area contributed by atoms with Crippen molar-refractivity contribution >= 4 is 29.8 Å². The maximum absolute atomic E-state index is 5.87. The van der Waals surface area contributed by atoms with Crippen LogP contribution in [0.3, 0.4) is 0 Å². The number of aromatic amines is 1. The van der Waals surface area contributed by atoms with E-state index in [2.05, 4.69) is 41.3 Å². The highest BCUT2D eigenvalue weighted by Crippen LogP contribution is 2.20. The minimum absolute atomic E-state index is 0.290. The molecule has 0 unspecified atom stereocenters. The molecule has 1 N–H and O–H groups in total. The van der Waals surface area contributed by atoms with E-state index in [1.54, 1.807) is 22.2 Å². The number of rotatable bonds is 5. The van der Waals surface area contributed by atoms with Crippen LogP contribution in [-0.4, -0.2) is 21.1 Å². The van der Waals surface area contributed by atoms with E-state index in [-0.39, 0.29) is 6.61 Å². The molecule has 2 heterocycles. The predicted octanol–water partition coefficient (Wildman–Crippen LogP) is 4.39. The lowest BCUT2D eigenvalue weighted by atomic mass is 10.1. The van der Waals surface area contributed by atoms with Gasteiger partial charge in [0.2, 0.25) is 4.77 Å². The van der Waals surface area contributed by atoms with Crippen molar-refractivity contribution in [2.45, 2.75) is 27.4 Å². The van der Waals surface area contributed by atoms with E-state index >= 15 is 0 Å². The maximum atomic E-state index is 5.87. The second-order valence-corrected chi connectivity index (χ2v) is 7.21. The number of aromatic nitrogens is 3. The van der Waals surface area contributed by atoms with Gasteiger partial charge in [-0.1, -0.05) is 17.7 Å². The van der Waals surface area contributed by atoms with Gasteiger partial charge in [-0.2, -0.15) is 14.9 Å². The number of hydrogen-bond acceptors (Lipinski definition) is 5. The molecule has 5 nitrogen and oxygen atoms in total. The molecule has 2 aromatic heterocycles. The number of ether oxygens (including phenoxy) is 1. The number of nitrogens with zero attached hydrogens (tertiary/aromatic N) is 3. The van der Waals surface area contributed by atoms with E-state index in [1.807, 2.05) is 25.1 Å². The molecular formula is C17H18N4OS2. The van der Waals surface area contributed by atoms with Gasteiger partial charge in [-0.3, -0.25) is 0 Å². The Morgan fingerprint density at radius 1 is 1.29 bits per heavy atom. The van der Waals surface area contributed by atoms with E-state index in [0.29, 0.717) is 10.6 Å². The van der Waals surface area contributed by atoms with Gasteiger partial charge in [-0.15, -0.1) is 11.3 Å². The van der Waals surface area contributed by atoms with Crippen LogP contribution in [0.4, 0.5) is 0 Å². The van der Waals surface area contributed by atoms with Crippen LogP contribution in [0, 0.1) is 25.5 Å². The van der Waals surface area contributed by atoms with Crippen LogP contribution in [0.2, 0.25) is 0 Å². The molecule has 24 heavy (non-hydrogen) atoms. The van der Waals surface area contributed by atoms with Gasteiger partial charge in [0.15, 0.2) is 5.82 Å². The van der Waals surface area contributed by atoms with Crippen molar-refractivity contribution in [3.05, 3.63) is 61.8 Å². The SMILES string of the molecule is Cc1ccc(OCc2n[nH]c(=S)n2/N=C\c2ccc(C)s2)c(C)c1. The summed E-state index contributed by atoms with van der Waals surface area (Å²) in [6, 6.07) is 10.2. The lowest BCUT2D eigenvalue weighted by Gasteiger charge is -2.09. The molecule has 3 rings (SSSR count). The summed E-state index contributed by atoms with van der Waals surface area (Å²) in [6.45, 7) is 6.44. The molecule has 0 saturated heterocycles. The largest absolute Gasteiger partial charge is 0.485 e. The van der Waals surface area contributed by atoms with Gasteiger partial charge in [0.05, 0.1) is 6.21 Å². The Balaban J connectivity index is 1.77. The van der Waals surface area contributed by atoms with Crippen LogP contribution in [0.1, 0.15) is 26.7 Å². The second kappa shape index (κ2) is 7.11. The Hall–Kier alpha value is -2.25. The van der Waals surface area contributed by atoms with Gasteiger partial charge in [-0.05, 0) is 56.8 Å². The van der Waals surface area contributed by atoms with E-state index in [1.165, 1.54) is 10.4 Å². The van der Waals surface area contributed by atoms with E-state index < -0.39 is 0 Å². The molecule has 0 atom stereocenters. The fourth-order valence-electron chi connectivity index (χ4n) is 2.28. The molecule has 0 fully saturated rings. The number of thiophene rings is 1. The van der Waals surface area contributed by atoms with Gasteiger partial charge in [0, 0.05) is 9.75 Å². The summed E-state index contributed by atoms with van der Waals surface area (Å²) < 4.78 is 7.90. The Bertz CT molecular complexity index is 936. The molecule has 0 aliphatic carbocycles. The van der Waals surface area contributed by atoms with E-state index in [0.717, 1.165) is 16.2 Å². The van der Waals surface area contributed by atoms with Crippen molar-refractivity contribution in [3.63, 3.8) is 0 Å². The quantitative estimate of drug-likeness (QED) is 0.544. The van der Waals surface area contributed by atoms with Gasteiger partial charge in [0.25, 0.3) is 0 Å². The molecular weight excluding hydrogens is 340 g/mol. The summed E-state index contributed by atoms with van der Waals surface area (Å²) in [6.07, 6.45) is 1.78. The molecule has 0 radical (unpaired) electrons. The average Bonchev–Trinajstić information content (AvgIpc) is 3.10. The molecule has 0 bridgehead atoms. The highest BCUT2D eigenvalue weighted by molar-refractivity contribution is 7.71. The molecule has 0 spiro atoms. The monoisotopic (exact) mass is 358 g/mol. The van der Waals surface area contributed by atoms with E-state index in [4.69, 9.17) is 17.0 Å². The smallest absolute Gasteiger partial charge is 0.216 e. The molecule has 0 amide bonds. The third-order valence-electron chi connectivity index (χ3n) is 3.47. The van der Waals surface area contributed by atoms with Crippen LogP contribution >= 0.6 is 23.6 Å². The fraction of sp³-hybridized carbons (Fsp3) is 0.235.